The lowest BCUT2D eigenvalue weighted by Crippen LogP contribution is -2.38. The molecule has 2 aromatic carbocycles. The number of ether oxygens (including phenoxy) is 1. The molecule has 0 spiro atoms. The van der Waals surface area contributed by atoms with E-state index < -0.39 is 12.5 Å². The number of pyridine rings is 1. The lowest BCUT2D eigenvalue weighted by Gasteiger charge is -2.23. The van der Waals surface area contributed by atoms with Gasteiger partial charge in [0.05, 0.1) is 11.3 Å². The van der Waals surface area contributed by atoms with Crippen LogP contribution in [-0.4, -0.2) is 58.3 Å². The van der Waals surface area contributed by atoms with Gasteiger partial charge in [-0.2, -0.15) is 0 Å². The lowest BCUT2D eigenvalue weighted by atomic mass is 10.0. The van der Waals surface area contributed by atoms with Crippen molar-refractivity contribution in [2.75, 3.05) is 30.3 Å². The van der Waals surface area contributed by atoms with Gasteiger partial charge >= 0.3 is 0 Å². The van der Waals surface area contributed by atoms with Crippen molar-refractivity contribution in [3.8, 4) is 22.9 Å². The zero-order chi connectivity index (χ0) is 26.5. The van der Waals surface area contributed by atoms with E-state index in [0.717, 1.165) is 42.3 Å². The summed E-state index contributed by atoms with van der Waals surface area (Å²) in [4.78, 5) is 13.6. The smallest absolute Gasteiger partial charge is 0.265 e. The van der Waals surface area contributed by atoms with Crippen molar-refractivity contribution in [1.82, 2.24) is 20.3 Å². The van der Waals surface area contributed by atoms with Crippen molar-refractivity contribution in [2.45, 2.75) is 38.3 Å². The summed E-state index contributed by atoms with van der Waals surface area (Å²) in [6.45, 7) is 3.56. The van der Waals surface area contributed by atoms with Crippen LogP contribution in [0, 0.1) is 6.92 Å². The van der Waals surface area contributed by atoms with Crippen LogP contribution in [0.15, 0.2) is 60.9 Å². The van der Waals surface area contributed by atoms with Gasteiger partial charge in [0.1, 0.15) is 11.9 Å². The Morgan fingerprint density at radius 3 is 2.79 bits per heavy atom. The second-order valence-corrected chi connectivity index (χ2v) is 9.31. The zero-order valence-electron chi connectivity index (χ0n) is 21.0. The highest BCUT2D eigenvalue weighted by Gasteiger charge is 2.19. The van der Waals surface area contributed by atoms with Gasteiger partial charge in [-0.25, -0.2) is 23.7 Å². The Labute approximate surface area is 219 Å². The number of halogens is 2. The third-order valence-electron chi connectivity index (χ3n) is 6.53. The number of benzene rings is 2. The fraction of sp³-hybridized carbons (Fsp3) is 0.321. The van der Waals surface area contributed by atoms with E-state index in [1.54, 1.807) is 18.5 Å². The van der Waals surface area contributed by atoms with Gasteiger partial charge in [0.2, 0.25) is 11.8 Å². The highest BCUT2D eigenvalue weighted by atomic mass is 19.3. The van der Waals surface area contributed by atoms with Crippen LogP contribution in [0.4, 0.5) is 20.4 Å². The van der Waals surface area contributed by atoms with Gasteiger partial charge in [-0.1, -0.05) is 24.3 Å². The molecule has 1 aliphatic heterocycles. The number of nitrogens with one attached hydrogen (secondary N) is 3. The van der Waals surface area contributed by atoms with Gasteiger partial charge in [-0.05, 0) is 56.1 Å². The number of anilines is 2. The maximum absolute atomic E-state index is 12.8. The molecule has 0 amide bonds. The summed E-state index contributed by atoms with van der Waals surface area (Å²) in [6.07, 6.45) is 0.952. The van der Waals surface area contributed by atoms with Gasteiger partial charge in [-0.3, -0.25) is 0 Å². The molecule has 0 unspecified atom stereocenters. The molecule has 5 rings (SSSR count). The molecular weight excluding hydrogens is 490 g/mol. The minimum Gasteiger partial charge on any atom is -0.437 e. The number of rotatable bonds is 9. The molecule has 0 aliphatic carbocycles. The van der Waals surface area contributed by atoms with Crippen LogP contribution >= 0.6 is 0 Å². The number of aliphatic hydroxyl groups excluding tert-OH is 1. The number of piperidine rings is 1. The molecule has 3 heterocycles. The minimum absolute atomic E-state index is 0.270. The van der Waals surface area contributed by atoms with Gasteiger partial charge in [0, 0.05) is 48.0 Å². The molecule has 0 saturated carbocycles. The molecule has 38 heavy (non-hydrogen) atoms. The molecule has 8 nitrogen and oxygen atoms in total. The number of aliphatic hydroxyl groups is 1. The number of hydrogen-bond acceptors (Lipinski definition) is 8. The summed E-state index contributed by atoms with van der Waals surface area (Å²) in [7, 11) is 0. The molecule has 1 saturated heterocycles. The summed E-state index contributed by atoms with van der Waals surface area (Å²) in [5.41, 5.74) is 2.90. The number of hydrogen-bond donors (Lipinski definition) is 4. The molecule has 1 aliphatic rings. The molecule has 4 aromatic rings. The van der Waals surface area contributed by atoms with Crippen LogP contribution in [0.3, 0.4) is 0 Å². The third-order valence-corrected chi connectivity index (χ3v) is 6.53. The Balaban J connectivity index is 1.45. The first-order valence-electron chi connectivity index (χ1n) is 12.7. The van der Waals surface area contributed by atoms with Crippen LogP contribution in [0.5, 0.6) is 11.6 Å². The molecule has 2 atom stereocenters. The van der Waals surface area contributed by atoms with Crippen molar-refractivity contribution in [1.29, 1.82) is 0 Å². The van der Waals surface area contributed by atoms with E-state index in [9.17, 15) is 13.9 Å². The van der Waals surface area contributed by atoms with E-state index in [1.807, 2.05) is 49.4 Å². The van der Waals surface area contributed by atoms with Gasteiger partial charge < -0.3 is 25.8 Å². The van der Waals surface area contributed by atoms with Crippen molar-refractivity contribution in [3.63, 3.8) is 0 Å². The maximum Gasteiger partial charge on any atom is 0.265 e. The van der Waals surface area contributed by atoms with Crippen LogP contribution < -0.4 is 20.7 Å². The van der Waals surface area contributed by atoms with E-state index in [4.69, 9.17) is 9.72 Å². The fourth-order valence-corrected chi connectivity index (χ4v) is 4.53. The summed E-state index contributed by atoms with van der Waals surface area (Å²) < 4.78 is 32.0. The van der Waals surface area contributed by atoms with Crippen molar-refractivity contribution >= 4 is 22.4 Å². The third kappa shape index (κ3) is 5.81. The predicted molar refractivity (Wildman–Crippen MR) is 144 cm³/mol. The Hall–Kier alpha value is -3.89. The maximum atomic E-state index is 12.8. The van der Waals surface area contributed by atoms with E-state index >= 15 is 0 Å². The molecule has 0 radical (unpaired) electrons. The van der Waals surface area contributed by atoms with E-state index in [-0.39, 0.29) is 12.6 Å². The summed E-state index contributed by atoms with van der Waals surface area (Å²) in [5.74, 6) is 1.54. The largest absolute Gasteiger partial charge is 0.437 e. The zero-order valence-corrected chi connectivity index (χ0v) is 21.0. The number of fused-ring (bicyclic) bond motifs is 1. The average molecular weight is 521 g/mol. The van der Waals surface area contributed by atoms with Crippen molar-refractivity contribution in [3.05, 3.63) is 66.5 Å². The standard InChI is InChI=1S/C28H30F2N6O2/c1-17-9-10-19-20(6-2-8-22(19)34-16-24(37)26(29)30)25(17)38-27-21(7-4-13-32-27)23-11-14-33-28(36-23)35-18-5-3-12-31-15-18/h2,4,6-11,13-14,18,24,26,31,34,37H,3,5,12,15-16H2,1H3,(H,33,35,36)/t18-,24-/m0/s1. The highest BCUT2D eigenvalue weighted by Crippen LogP contribution is 2.38. The summed E-state index contributed by atoms with van der Waals surface area (Å²) in [6, 6.07) is 15.1. The fourth-order valence-electron chi connectivity index (χ4n) is 4.53. The number of aromatic nitrogens is 3. The first-order valence-corrected chi connectivity index (χ1v) is 12.7. The number of aryl methyl sites for hydroxylation is 1. The quantitative estimate of drug-likeness (QED) is 0.245. The van der Waals surface area contributed by atoms with Gasteiger partial charge in [0.25, 0.3) is 6.43 Å². The SMILES string of the molecule is Cc1ccc2c(NC[C@H](O)C(F)F)cccc2c1Oc1ncccc1-c1ccnc(N[C@H]2CCCNC2)n1. The Bertz CT molecular complexity index is 1400. The molecule has 4 N–H and O–H groups in total. The predicted octanol–water partition coefficient (Wildman–Crippen LogP) is 4.99. The Kier molecular flexibility index (Phi) is 7.90. The number of alkyl halides is 2. The molecule has 2 aromatic heterocycles. The monoisotopic (exact) mass is 520 g/mol. The van der Waals surface area contributed by atoms with Gasteiger partial charge in [-0.15, -0.1) is 0 Å². The second kappa shape index (κ2) is 11.7. The first-order chi connectivity index (χ1) is 18.5. The minimum atomic E-state index is -2.82. The summed E-state index contributed by atoms with van der Waals surface area (Å²) >= 11 is 0. The molecule has 1 fully saturated rings. The molecular formula is C28H30F2N6O2. The topological polar surface area (TPSA) is 104 Å². The average Bonchev–Trinajstić information content (AvgIpc) is 2.94. The van der Waals surface area contributed by atoms with Crippen LogP contribution in [0.25, 0.3) is 22.0 Å². The van der Waals surface area contributed by atoms with E-state index in [1.165, 1.54) is 0 Å². The van der Waals surface area contributed by atoms with E-state index in [2.05, 4.69) is 25.9 Å². The van der Waals surface area contributed by atoms with Crippen molar-refractivity contribution in [2.24, 2.45) is 0 Å². The Morgan fingerprint density at radius 2 is 1.97 bits per heavy atom. The molecule has 0 bridgehead atoms. The molecule has 198 valence electrons. The Morgan fingerprint density at radius 1 is 1.08 bits per heavy atom. The summed E-state index contributed by atoms with van der Waals surface area (Å²) in [5, 5.41) is 20.8. The van der Waals surface area contributed by atoms with Crippen molar-refractivity contribution < 1.29 is 18.6 Å². The normalized spacial score (nSPS) is 16.4. The van der Waals surface area contributed by atoms with E-state index in [0.29, 0.717) is 34.5 Å². The first kappa shape index (κ1) is 25.7. The highest BCUT2D eigenvalue weighted by molar-refractivity contribution is 5.98. The van der Waals surface area contributed by atoms with Gasteiger partial charge in [0.15, 0.2) is 0 Å². The van der Waals surface area contributed by atoms with Crippen LogP contribution in [-0.2, 0) is 0 Å². The lowest BCUT2D eigenvalue weighted by molar-refractivity contribution is 0.00386. The number of nitrogens with zero attached hydrogens (tertiary/aromatic N) is 3. The molecule has 10 heteroatoms. The second-order valence-electron chi connectivity index (χ2n) is 9.31. The van der Waals surface area contributed by atoms with Crippen LogP contribution in [0.2, 0.25) is 0 Å². The van der Waals surface area contributed by atoms with Crippen LogP contribution in [0.1, 0.15) is 18.4 Å².